The first-order valence-electron chi connectivity index (χ1n) is 37.5. The fourth-order valence-electron chi connectivity index (χ4n) is 14.3. The number of anilines is 3. The van der Waals surface area contributed by atoms with E-state index in [0.29, 0.717) is 121 Å². The van der Waals surface area contributed by atoms with Crippen LogP contribution in [0.5, 0.6) is 5.88 Å². The molecule has 12 aromatic rings. The zero-order chi connectivity index (χ0) is 84.5. The molecule has 3 aliphatic rings. The van der Waals surface area contributed by atoms with E-state index in [-0.39, 0.29) is 62.7 Å². The van der Waals surface area contributed by atoms with Crippen LogP contribution in [-0.2, 0) is 32.7 Å². The van der Waals surface area contributed by atoms with Crippen LogP contribution in [0.2, 0.25) is 0 Å². The van der Waals surface area contributed by atoms with E-state index in [9.17, 15) is 63.9 Å². The number of pyridine rings is 3. The fraction of sp³-hybridized carbons (Fsp3) is 0.259. The maximum Gasteiger partial charge on any atom is 0.435 e. The van der Waals surface area contributed by atoms with Gasteiger partial charge in [0.1, 0.15) is 57.5 Å². The van der Waals surface area contributed by atoms with Crippen molar-refractivity contribution in [3.8, 4) is 63.3 Å². The highest BCUT2D eigenvalue weighted by Crippen LogP contribution is 2.43. The van der Waals surface area contributed by atoms with E-state index in [1.54, 1.807) is 118 Å². The molecule has 9 aromatic heterocycles. The molecule has 3 saturated heterocycles. The molecule has 0 bridgehead atoms. The summed E-state index contributed by atoms with van der Waals surface area (Å²) in [4.78, 5) is 118. The minimum Gasteiger partial charge on any atom is -0.478 e. The van der Waals surface area contributed by atoms with Crippen molar-refractivity contribution in [2.75, 3.05) is 48.7 Å². The molecule has 0 radical (unpaired) electrons. The lowest BCUT2D eigenvalue weighted by atomic mass is 10.0. The minimum atomic E-state index is -4.74. The van der Waals surface area contributed by atoms with Crippen LogP contribution in [-0.4, -0.2) is 141 Å². The number of piperidine rings is 2. The zero-order valence-electron chi connectivity index (χ0n) is 64.1. The molecule has 0 aliphatic carbocycles. The zero-order valence-corrected chi connectivity index (χ0v) is 64.1. The first-order valence-corrected chi connectivity index (χ1v) is 37.5. The Labute approximate surface area is 673 Å². The number of carbonyl (C=O) groups excluding carboxylic acids is 6. The van der Waals surface area contributed by atoms with Crippen LogP contribution in [0.4, 0.5) is 57.0 Å². The molecule has 0 saturated carbocycles. The second kappa shape index (κ2) is 35.5. The van der Waals surface area contributed by atoms with Crippen LogP contribution in [0, 0.1) is 29.5 Å². The van der Waals surface area contributed by atoms with E-state index in [4.69, 9.17) is 9.72 Å². The van der Waals surface area contributed by atoms with Gasteiger partial charge in [-0.3, -0.25) is 47.0 Å². The Kier molecular flexibility index (Phi) is 24.7. The van der Waals surface area contributed by atoms with Gasteiger partial charge in [0.25, 0.3) is 35.5 Å². The lowest BCUT2D eigenvalue weighted by molar-refractivity contribution is -0.140. The Balaban J connectivity index is 0.000000155. The minimum absolute atomic E-state index is 0.0365. The van der Waals surface area contributed by atoms with Gasteiger partial charge in [0.15, 0.2) is 11.4 Å². The molecule has 6 amide bonds. The second-order valence-corrected chi connectivity index (χ2v) is 27.5. The number of hydrogen-bond donors (Lipinski definition) is 3. The average molecular weight is 1630 g/mol. The first kappa shape index (κ1) is 82.8. The number of halogens is 9. The number of ether oxygens (including phenoxy) is 1. The Morgan fingerprint density at radius 2 is 1.07 bits per heavy atom. The highest BCUT2D eigenvalue weighted by molar-refractivity contribution is 6.06. The van der Waals surface area contributed by atoms with Gasteiger partial charge in [0, 0.05) is 121 Å². The van der Waals surface area contributed by atoms with Gasteiger partial charge in [-0.2, -0.15) is 26.3 Å². The molecule has 3 N–H and O–H groups in total. The Morgan fingerprint density at radius 1 is 0.555 bits per heavy atom. The van der Waals surface area contributed by atoms with Crippen molar-refractivity contribution in [3.63, 3.8) is 0 Å². The summed E-state index contributed by atoms with van der Waals surface area (Å²) in [6, 6.07) is 27.4. The SMILES string of the molecule is C=CC(=O)N1CCCC[C@H]1c1nc(-c2ccc(C(=O)Nc3ccccn3)cc2)c2c(C(F)(F)F)nccn12.CC#CC(=O)N1CCCC[C@H]1c1nc(-c2ccc(C(=O)Nc3ccccn3)cc2)c2c(C(F)(F)F)nccn12.CC#CC(=O)N1CC[C@@H](c2nc(-c3ccc(C(=O)Nc4cc(C(C)(F)F)ccn4)cc3F)c3cncc(OCC)n23)C1. The number of fused-ring (bicyclic) bond motifs is 3. The summed E-state index contributed by atoms with van der Waals surface area (Å²) >= 11 is 0. The number of rotatable bonds is 16. The van der Waals surface area contributed by atoms with Crippen molar-refractivity contribution < 1.29 is 73.0 Å². The second-order valence-electron chi connectivity index (χ2n) is 27.5. The normalized spacial score (nSPS) is 15.4. The predicted molar refractivity (Wildman–Crippen MR) is 420 cm³/mol. The number of likely N-dealkylation sites (tertiary alicyclic amines) is 3. The van der Waals surface area contributed by atoms with Crippen LogP contribution in [0.1, 0.15) is 156 Å². The van der Waals surface area contributed by atoms with Crippen molar-refractivity contribution in [2.24, 2.45) is 0 Å². The Hall–Kier alpha value is -14.2. The van der Waals surface area contributed by atoms with Crippen molar-refractivity contribution >= 4 is 69.4 Å². The number of imidazole rings is 3. The number of nitrogens with one attached hydrogen (secondary N) is 3. The summed E-state index contributed by atoms with van der Waals surface area (Å²) in [6.45, 7) is 11.4. The molecule has 12 heterocycles. The summed E-state index contributed by atoms with van der Waals surface area (Å²) in [7, 11) is 0. The number of benzene rings is 3. The van der Waals surface area contributed by atoms with Gasteiger partial charge in [0.2, 0.25) is 11.8 Å². The van der Waals surface area contributed by atoms with Crippen LogP contribution >= 0.6 is 0 Å². The van der Waals surface area contributed by atoms with Crippen molar-refractivity contribution in [2.45, 2.75) is 109 Å². The number of carbonyl (C=O) groups is 6. The predicted octanol–water partition coefficient (Wildman–Crippen LogP) is 15.5. The van der Waals surface area contributed by atoms with Crippen LogP contribution in [0.3, 0.4) is 0 Å². The van der Waals surface area contributed by atoms with Crippen molar-refractivity contribution in [3.05, 3.63) is 241 Å². The molecule has 15 rings (SSSR count). The summed E-state index contributed by atoms with van der Waals surface area (Å²) in [5, 5.41) is 7.78. The largest absolute Gasteiger partial charge is 0.478 e. The van der Waals surface area contributed by atoms with Gasteiger partial charge in [-0.15, -0.1) is 0 Å². The van der Waals surface area contributed by atoms with Gasteiger partial charge in [-0.1, -0.05) is 54.8 Å². The van der Waals surface area contributed by atoms with E-state index >= 15 is 4.39 Å². The third-order valence-corrected chi connectivity index (χ3v) is 19.8. The smallest absolute Gasteiger partial charge is 0.435 e. The Bertz CT molecular complexity index is 5970. The van der Waals surface area contributed by atoms with Crippen molar-refractivity contribution in [1.82, 2.24) is 72.8 Å². The number of nitrogens with zero attached hydrogens (tertiary/aromatic N) is 15. The lowest BCUT2D eigenvalue weighted by Crippen LogP contribution is -2.38. The maximum atomic E-state index is 15.6. The van der Waals surface area contributed by atoms with E-state index < -0.39 is 71.2 Å². The number of amides is 6. The Morgan fingerprint density at radius 3 is 1.58 bits per heavy atom. The number of hydrogen-bond acceptors (Lipinski definition) is 16. The molecule has 25 nitrogen and oxygen atoms in total. The number of aromatic nitrogens is 12. The van der Waals surface area contributed by atoms with Gasteiger partial charge in [-0.25, -0.2) is 53.0 Å². The number of alkyl halides is 8. The highest BCUT2D eigenvalue weighted by atomic mass is 19.4. The average Bonchev–Trinajstić information content (AvgIpc) is 1.61. The van der Waals surface area contributed by atoms with Gasteiger partial charge in [0.05, 0.1) is 48.0 Å². The first-order chi connectivity index (χ1) is 57.1. The lowest BCUT2D eigenvalue weighted by Gasteiger charge is -2.34. The monoisotopic (exact) mass is 1630 g/mol. The third-order valence-electron chi connectivity index (χ3n) is 19.8. The third kappa shape index (κ3) is 18.3. The van der Waals surface area contributed by atoms with Gasteiger partial charge < -0.3 is 35.4 Å². The standard InChI is InChI=1S/C30H27F3N6O3.C28H23F3N6O2.C27H23F3N6O2/c1-4-6-25(40)38-12-10-19(17-38)28-37-27(23-15-34-16-26(39(23)28)42-5-2)21-8-7-18(13-22(21)31)29(41)36-24-14-20(9-11-35-24)30(3,32)33;1-2-7-22(38)36-16-6-4-8-20(36)26-35-23(24-25(28(29,30)31)33-15-17-37(24)26)18-10-12-19(13-11-18)27(39)34-21-9-3-5-14-32-21;1-2-21(37)35-15-6-4-7-19(35)25-34-22(23-24(27(28,29)30)32-14-16-36(23)25)17-9-11-18(12-10-17)26(38)33-20-8-3-5-13-31-20/h7-9,11,13-16,19H,5,10,12,17H2,1-3H3,(H,35,36,41);3,5,9-15,17,20H,4,6,8,16H2,1H3,(H,32,34,39);2-3,5,8-14,16,19H,1,4,6-7,15H2,(H,31,33,38)/t19-;20-;19-/m100/s1. The molecular weight excluding hydrogens is 1560 g/mol. The fourth-order valence-corrected chi connectivity index (χ4v) is 14.3. The quantitative estimate of drug-likeness (QED) is 0.0460. The van der Waals surface area contributed by atoms with Gasteiger partial charge >= 0.3 is 12.4 Å². The molecule has 0 spiro atoms. The van der Waals surface area contributed by atoms with Gasteiger partial charge in [-0.05, 0) is 162 Å². The molecule has 34 heteroatoms. The molecule has 3 aliphatic heterocycles. The van der Waals surface area contributed by atoms with Crippen LogP contribution < -0.4 is 20.7 Å². The van der Waals surface area contributed by atoms with E-state index in [2.05, 4.69) is 86.1 Å². The molecule has 3 fully saturated rings. The van der Waals surface area contributed by atoms with Crippen LogP contribution in [0.25, 0.3) is 50.3 Å². The molecule has 0 unspecified atom stereocenters. The molecule has 608 valence electrons. The maximum absolute atomic E-state index is 15.6. The van der Waals surface area contributed by atoms with Crippen LogP contribution in [0.15, 0.2) is 184 Å². The molecule has 3 aromatic carbocycles. The van der Waals surface area contributed by atoms with Crippen molar-refractivity contribution in [1.29, 1.82) is 0 Å². The molecular formula is C85H73F9N18O7. The summed E-state index contributed by atoms with van der Waals surface area (Å²) < 4.78 is 138. The molecule has 119 heavy (non-hydrogen) atoms. The van der Waals surface area contributed by atoms with E-state index in [0.717, 1.165) is 69.4 Å². The molecule has 3 atom stereocenters. The topological polar surface area (TPSA) is 287 Å². The summed E-state index contributed by atoms with van der Waals surface area (Å²) in [5.41, 5.74) is -0.578. The summed E-state index contributed by atoms with van der Waals surface area (Å²) in [6.07, 6.45) is 8.93. The van der Waals surface area contributed by atoms with E-state index in [1.807, 2.05) is 6.92 Å². The highest BCUT2D eigenvalue weighted by Gasteiger charge is 2.42. The van der Waals surface area contributed by atoms with E-state index in [1.165, 1.54) is 63.7 Å². The summed E-state index contributed by atoms with van der Waals surface area (Å²) in [5.74, 6) is 6.10.